The molecule has 0 aliphatic carbocycles. The maximum atomic E-state index is 9.21. The van der Waals surface area contributed by atoms with Crippen LogP contribution in [0.4, 0.5) is 5.95 Å². The predicted octanol–water partition coefficient (Wildman–Crippen LogP) is -1.16. The molecule has 8 nitrogen and oxygen atoms in total. The van der Waals surface area contributed by atoms with Gasteiger partial charge in [0, 0.05) is 12.5 Å². The van der Waals surface area contributed by atoms with Crippen molar-refractivity contribution in [2.24, 2.45) is 0 Å². The lowest BCUT2D eigenvalue weighted by atomic mass is 9.99. The number of nitrogen functional groups attached to an aromatic ring is 1. The summed E-state index contributed by atoms with van der Waals surface area (Å²) in [6, 6.07) is 1.76. The molecule has 2 unspecified atom stereocenters. The number of hydrogen-bond donors (Lipinski definition) is 3. The summed E-state index contributed by atoms with van der Waals surface area (Å²) in [5, 5.41) is 21.9. The molecule has 8 heteroatoms. The molecule has 2 aromatic heterocycles. The van der Waals surface area contributed by atoms with Gasteiger partial charge in [0.2, 0.25) is 5.95 Å². The van der Waals surface area contributed by atoms with Crippen LogP contribution in [0.3, 0.4) is 0 Å². The fourth-order valence-electron chi connectivity index (χ4n) is 1.79. The van der Waals surface area contributed by atoms with Crippen LogP contribution in [0.2, 0.25) is 0 Å². The van der Waals surface area contributed by atoms with Crippen LogP contribution >= 0.6 is 0 Å². The van der Waals surface area contributed by atoms with E-state index in [0.29, 0.717) is 24.6 Å². The van der Waals surface area contributed by atoms with Crippen molar-refractivity contribution in [3.05, 3.63) is 18.6 Å². The second-order valence-electron chi connectivity index (χ2n) is 4.18. The lowest BCUT2D eigenvalue weighted by Gasteiger charge is -2.22. The third-order valence-corrected chi connectivity index (χ3v) is 2.99. The van der Waals surface area contributed by atoms with Crippen molar-refractivity contribution in [2.75, 3.05) is 18.9 Å². The molecule has 0 aromatic carbocycles. The Hall–Kier alpha value is -2.21. The average molecular weight is 277 g/mol. The van der Waals surface area contributed by atoms with Gasteiger partial charge in [-0.2, -0.15) is 9.61 Å². The van der Waals surface area contributed by atoms with Gasteiger partial charge in [0.1, 0.15) is 6.33 Å². The minimum Gasteiger partial charge on any atom is -0.392 e. The van der Waals surface area contributed by atoms with Gasteiger partial charge in [0.15, 0.2) is 11.2 Å². The van der Waals surface area contributed by atoms with Gasteiger partial charge in [-0.15, -0.1) is 6.42 Å². The van der Waals surface area contributed by atoms with Gasteiger partial charge in [-0.05, 0) is 0 Å². The second kappa shape index (κ2) is 5.83. The highest BCUT2D eigenvalue weighted by Gasteiger charge is 2.41. The van der Waals surface area contributed by atoms with Gasteiger partial charge in [-0.25, -0.2) is 9.97 Å². The van der Waals surface area contributed by atoms with E-state index in [1.165, 1.54) is 10.8 Å². The minimum absolute atomic E-state index is 0.315. The molecule has 1 aliphatic rings. The average Bonchev–Trinajstić information content (AvgIpc) is 3.07. The van der Waals surface area contributed by atoms with E-state index in [1.54, 1.807) is 12.3 Å². The van der Waals surface area contributed by atoms with Crippen molar-refractivity contribution in [2.45, 2.75) is 18.1 Å². The van der Waals surface area contributed by atoms with E-state index in [-0.39, 0.29) is 6.61 Å². The Kier molecular flexibility index (Phi) is 4.14. The minimum atomic E-state index is -1.12. The molecule has 2 atom stereocenters. The molecule has 4 N–H and O–H groups in total. The van der Waals surface area contributed by atoms with E-state index >= 15 is 0 Å². The molecule has 106 valence electrons. The van der Waals surface area contributed by atoms with Crippen LogP contribution < -0.4 is 5.73 Å². The first-order chi connectivity index (χ1) is 9.63. The molecule has 3 rings (SSSR count). The van der Waals surface area contributed by atoms with E-state index < -0.39 is 11.7 Å². The van der Waals surface area contributed by atoms with Gasteiger partial charge in [0.05, 0.1) is 25.5 Å². The summed E-state index contributed by atoms with van der Waals surface area (Å²) in [6.45, 7) is 0.108. The highest BCUT2D eigenvalue weighted by molar-refractivity contribution is 5.39. The van der Waals surface area contributed by atoms with Crippen LogP contribution in [0.15, 0.2) is 18.6 Å². The van der Waals surface area contributed by atoms with E-state index in [9.17, 15) is 5.11 Å². The number of ether oxygens (including phenoxy) is 1. The topological polar surface area (TPSA) is 119 Å². The maximum absolute atomic E-state index is 9.21. The third-order valence-electron chi connectivity index (χ3n) is 2.99. The first-order valence-corrected chi connectivity index (χ1v) is 5.94. The number of terminal acetylenes is 1. The Morgan fingerprint density at radius 2 is 2.40 bits per heavy atom. The molecular weight excluding hydrogens is 262 g/mol. The van der Waals surface area contributed by atoms with Gasteiger partial charge >= 0.3 is 0 Å². The maximum Gasteiger partial charge on any atom is 0.224 e. The van der Waals surface area contributed by atoms with Crippen LogP contribution in [0.1, 0.15) is 6.42 Å². The van der Waals surface area contributed by atoms with Crippen LogP contribution in [0, 0.1) is 12.3 Å². The van der Waals surface area contributed by atoms with Gasteiger partial charge in [0.25, 0.3) is 0 Å². The zero-order valence-corrected chi connectivity index (χ0v) is 10.7. The lowest BCUT2D eigenvalue weighted by molar-refractivity contribution is -0.0478. The molecule has 0 saturated carbocycles. The number of aliphatic hydroxyl groups is 2. The third kappa shape index (κ3) is 2.55. The molecule has 0 radical (unpaired) electrons. The van der Waals surface area contributed by atoms with Crippen LogP contribution in [0.25, 0.3) is 5.65 Å². The molecule has 3 heterocycles. The largest absolute Gasteiger partial charge is 0.392 e. The highest BCUT2D eigenvalue weighted by Crippen LogP contribution is 2.24. The Balaban J connectivity index is 0.000000147. The van der Waals surface area contributed by atoms with E-state index in [2.05, 4.69) is 21.0 Å². The van der Waals surface area contributed by atoms with Crippen molar-refractivity contribution >= 4 is 11.6 Å². The van der Waals surface area contributed by atoms with Crippen LogP contribution in [-0.2, 0) is 4.74 Å². The van der Waals surface area contributed by atoms with E-state index in [0.717, 1.165) is 0 Å². The Bertz CT molecular complexity index is 623. The molecule has 0 spiro atoms. The normalized spacial score (nSPS) is 24.9. The van der Waals surface area contributed by atoms with Crippen molar-refractivity contribution in [1.29, 1.82) is 0 Å². The molecule has 2 aromatic rings. The van der Waals surface area contributed by atoms with E-state index in [1.807, 2.05) is 0 Å². The summed E-state index contributed by atoms with van der Waals surface area (Å²) >= 11 is 0. The van der Waals surface area contributed by atoms with Gasteiger partial charge in [-0.1, -0.05) is 5.92 Å². The van der Waals surface area contributed by atoms with Gasteiger partial charge in [-0.3, -0.25) is 0 Å². The zero-order valence-electron chi connectivity index (χ0n) is 10.7. The van der Waals surface area contributed by atoms with Crippen molar-refractivity contribution < 1.29 is 14.9 Å². The highest BCUT2D eigenvalue weighted by atomic mass is 16.5. The number of fused-ring (bicyclic) bond motifs is 1. The predicted molar refractivity (Wildman–Crippen MR) is 70.4 cm³/mol. The van der Waals surface area contributed by atoms with Crippen molar-refractivity contribution in [3.63, 3.8) is 0 Å². The van der Waals surface area contributed by atoms with Crippen LogP contribution in [0.5, 0.6) is 0 Å². The number of anilines is 1. The zero-order chi connectivity index (χ0) is 14.6. The number of aliphatic hydroxyl groups excluding tert-OH is 2. The summed E-state index contributed by atoms with van der Waals surface area (Å²) in [6.07, 6.45) is 7.89. The van der Waals surface area contributed by atoms with Crippen molar-refractivity contribution in [1.82, 2.24) is 19.6 Å². The summed E-state index contributed by atoms with van der Waals surface area (Å²) < 4.78 is 6.49. The lowest BCUT2D eigenvalue weighted by Crippen LogP contribution is -2.41. The molecular formula is C12H15N5O3. The molecule has 1 aliphatic heterocycles. The molecule has 0 bridgehead atoms. The van der Waals surface area contributed by atoms with Gasteiger partial charge < -0.3 is 20.7 Å². The first-order valence-electron chi connectivity index (χ1n) is 5.94. The van der Waals surface area contributed by atoms with Crippen LogP contribution in [-0.4, -0.2) is 54.7 Å². The summed E-state index contributed by atoms with van der Waals surface area (Å²) in [5.41, 5.74) is 5.04. The summed E-state index contributed by atoms with van der Waals surface area (Å²) in [4.78, 5) is 7.66. The number of hydrogen-bond acceptors (Lipinski definition) is 7. The second-order valence-corrected chi connectivity index (χ2v) is 4.18. The smallest absolute Gasteiger partial charge is 0.224 e. The summed E-state index contributed by atoms with van der Waals surface area (Å²) in [7, 11) is 0. The Morgan fingerprint density at radius 3 is 2.90 bits per heavy atom. The standard InChI is InChI=1S/C7H10O3.C5H5N5/c1-2-7(5-8)6(9)3-4-10-7;6-5-8-3-7-4-1-2-9-10(4)5/h1,6,8-9H,3-5H2;1-3H,(H2,6,7,8). The number of nitrogens with zero attached hydrogens (tertiary/aromatic N) is 4. The quantitative estimate of drug-likeness (QED) is 0.562. The fraction of sp³-hybridized carbons (Fsp3) is 0.417. The summed E-state index contributed by atoms with van der Waals surface area (Å²) in [5.74, 6) is 2.61. The Labute approximate surface area is 115 Å². The molecule has 20 heavy (non-hydrogen) atoms. The molecule has 1 saturated heterocycles. The SMILES string of the molecule is C#CC1(CO)OCCC1O.Nc1ncnc2ccnn12. The molecule has 1 fully saturated rings. The van der Waals surface area contributed by atoms with Crippen molar-refractivity contribution in [3.8, 4) is 12.3 Å². The Morgan fingerprint density at radius 1 is 1.60 bits per heavy atom. The fourth-order valence-corrected chi connectivity index (χ4v) is 1.79. The number of rotatable bonds is 1. The monoisotopic (exact) mass is 277 g/mol. The first kappa shape index (κ1) is 14.2. The number of nitrogens with two attached hydrogens (primary N) is 1. The molecule has 0 amide bonds. The number of aromatic nitrogens is 4. The van der Waals surface area contributed by atoms with E-state index in [4.69, 9.17) is 22.0 Å².